The predicted octanol–water partition coefficient (Wildman–Crippen LogP) is 1.21. The Labute approximate surface area is 65.3 Å². The molecule has 0 amide bonds. The maximum Gasteiger partial charge on any atom is 0.236 e. The Kier molecular flexibility index (Phi) is 2.14. The molecule has 0 saturated carbocycles. The van der Waals surface area contributed by atoms with Crippen molar-refractivity contribution in [2.45, 2.75) is 6.92 Å². The van der Waals surface area contributed by atoms with Gasteiger partial charge in [0.25, 0.3) is 0 Å². The van der Waals surface area contributed by atoms with E-state index in [9.17, 15) is 0 Å². The Balaban J connectivity index is 3.25. The van der Waals surface area contributed by atoms with Crippen LogP contribution in [0.25, 0.3) is 0 Å². The van der Waals surface area contributed by atoms with Crippen molar-refractivity contribution in [3.63, 3.8) is 0 Å². The van der Waals surface area contributed by atoms with Crippen molar-refractivity contribution in [1.29, 1.82) is 5.16 Å². The molecule has 0 aliphatic heterocycles. The van der Waals surface area contributed by atoms with Gasteiger partial charge in [0.05, 0.1) is 0 Å². The van der Waals surface area contributed by atoms with Gasteiger partial charge in [0, 0.05) is 5.30 Å². The van der Waals surface area contributed by atoms with E-state index in [4.69, 9.17) is 14.9 Å². The molecular weight excluding hydrogens is 161 g/mol. The molecule has 4 heteroatoms. The Morgan fingerprint density at radius 1 is 1.27 bits per heavy atom. The van der Waals surface area contributed by atoms with E-state index in [0.717, 1.165) is 5.56 Å². The van der Waals surface area contributed by atoms with Crippen molar-refractivity contribution in [3.8, 4) is 0 Å². The molecule has 0 unspecified atom stereocenters. The van der Waals surface area contributed by atoms with Crippen LogP contribution in [0.15, 0.2) is 24.3 Å². The summed E-state index contributed by atoms with van der Waals surface area (Å²) in [7, 11) is -3.56. The van der Waals surface area contributed by atoms with Gasteiger partial charge in [0.15, 0.2) is 0 Å². The number of aryl methyl sites for hydroxylation is 1. The average molecular weight is 171 g/mol. The molecule has 0 spiro atoms. The third-order valence-electron chi connectivity index (χ3n) is 1.45. The Hall–Kier alpha value is -0.630. The van der Waals surface area contributed by atoms with Crippen molar-refractivity contribution in [3.05, 3.63) is 29.8 Å². The lowest BCUT2D eigenvalue weighted by Gasteiger charge is -2.09. The number of hydrogen-bond donors (Lipinski definition) is 3. The predicted molar refractivity (Wildman–Crippen MR) is 44.9 cm³/mol. The van der Waals surface area contributed by atoms with E-state index in [0.29, 0.717) is 5.30 Å². The van der Waals surface area contributed by atoms with Gasteiger partial charge in [0.1, 0.15) is 0 Å². The fourth-order valence-electron chi connectivity index (χ4n) is 0.913. The molecule has 0 bridgehead atoms. The first-order valence-electron chi connectivity index (χ1n) is 3.17. The van der Waals surface area contributed by atoms with Crippen LogP contribution >= 0.6 is 7.51 Å². The lowest BCUT2D eigenvalue weighted by atomic mass is 10.2. The molecule has 0 fully saturated rings. The van der Waals surface area contributed by atoms with Gasteiger partial charge < -0.3 is 9.79 Å². The molecular formula is C7H10NO2P. The van der Waals surface area contributed by atoms with Crippen molar-refractivity contribution < 1.29 is 9.79 Å². The van der Waals surface area contributed by atoms with Crippen molar-refractivity contribution in [2.75, 3.05) is 0 Å². The topological polar surface area (TPSA) is 64.3 Å². The fourth-order valence-corrected chi connectivity index (χ4v) is 1.77. The minimum Gasteiger partial charge on any atom is -0.336 e. The molecule has 0 atom stereocenters. The molecule has 3 nitrogen and oxygen atoms in total. The van der Waals surface area contributed by atoms with Gasteiger partial charge in [-0.3, -0.25) is 5.16 Å². The summed E-state index contributed by atoms with van der Waals surface area (Å²) >= 11 is 0. The Morgan fingerprint density at radius 3 is 2.18 bits per heavy atom. The van der Waals surface area contributed by atoms with Gasteiger partial charge in [-0.2, -0.15) is 0 Å². The highest BCUT2D eigenvalue weighted by Gasteiger charge is 2.12. The van der Waals surface area contributed by atoms with Crippen LogP contribution in [0.5, 0.6) is 0 Å². The molecule has 1 aromatic rings. The van der Waals surface area contributed by atoms with Gasteiger partial charge in [-0.15, -0.1) is 0 Å². The van der Waals surface area contributed by atoms with Gasteiger partial charge in [-0.25, -0.2) is 0 Å². The zero-order chi connectivity index (χ0) is 8.48. The minimum absolute atomic E-state index is 0.333. The summed E-state index contributed by atoms with van der Waals surface area (Å²) in [5.41, 5.74) is 0.751. The molecule has 60 valence electrons. The summed E-state index contributed by atoms with van der Waals surface area (Å²) in [6, 6.07) is 6.81. The Bertz CT molecular complexity index is 305. The van der Waals surface area contributed by atoms with Crippen LogP contribution in [0, 0.1) is 12.1 Å². The first kappa shape index (κ1) is 8.47. The van der Waals surface area contributed by atoms with Gasteiger partial charge in [-0.05, 0) is 18.6 Å². The lowest BCUT2D eigenvalue weighted by molar-refractivity contribution is 0.476. The van der Waals surface area contributed by atoms with Crippen molar-refractivity contribution in [1.82, 2.24) is 0 Å². The summed E-state index contributed by atoms with van der Waals surface area (Å²) in [4.78, 5) is 18.0. The molecule has 1 rings (SSSR count). The smallest absolute Gasteiger partial charge is 0.236 e. The highest BCUT2D eigenvalue weighted by Crippen LogP contribution is 2.34. The summed E-state index contributed by atoms with van der Waals surface area (Å²) in [5, 5.41) is 7.37. The summed E-state index contributed by atoms with van der Waals surface area (Å²) in [5.74, 6) is 0. The Morgan fingerprint density at radius 2 is 1.82 bits per heavy atom. The molecule has 0 aliphatic rings. The monoisotopic (exact) mass is 171 g/mol. The molecule has 0 saturated heterocycles. The second-order valence-electron chi connectivity index (χ2n) is 2.39. The van der Waals surface area contributed by atoms with Crippen LogP contribution in [0.2, 0.25) is 0 Å². The van der Waals surface area contributed by atoms with E-state index in [1.165, 1.54) is 0 Å². The van der Waals surface area contributed by atoms with Crippen molar-refractivity contribution >= 4 is 12.8 Å². The van der Waals surface area contributed by atoms with Crippen LogP contribution in [-0.2, 0) is 0 Å². The third-order valence-corrected chi connectivity index (χ3v) is 2.62. The van der Waals surface area contributed by atoms with E-state index < -0.39 is 7.51 Å². The normalized spacial score (nSPS) is 11.5. The number of hydrogen-bond acceptors (Lipinski definition) is 1. The van der Waals surface area contributed by atoms with E-state index in [2.05, 4.69) is 0 Å². The third kappa shape index (κ3) is 1.90. The van der Waals surface area contributed by atoms with Crippen LogP contribution < -0.4 is 5.30 Å². The standard InChI is InChI=1S/C7H10NO2P/c1-6-4-2-3-5-7(6)11(8,9)10/h2-5H,1H3,(H3,8,9,10). The van der Waals surface area contributed by atoms with E-state index in [1.807, 2.05) is 0 Å². The maximum absolute atomic E-state index is 9.00. The molecule has 0 aromatic heterocycles. The van der Waals surface area contributed by atoms with Gasteiger partial charge in [-0.1, -0.05) is 18.2 Å². The molecule has 0 aliphatic carbocycles. The molecule has 11 heavy (non-hydrogen) atoms. The second kappa shape index (κ2) is 2.78. The lowest BCUT2D eigenvalue weighted by Crippen LogP contribution is -2.06. The maximum atomic E-state index is 9.00. The highest BCUT2D eigenvalue weighted by molar-refractivity contribution is 7.61. The van der Waals surface area contributed by atoms with Gasteiger partial charge >= 0.3 is 0 Å². The molecule has 0 heterocycles. The number of rotatable bonds is 1. The van der Waals surface area contributed by atoms with Crippen molar-refractivity contribution in [2.24, 2.45) is 0 Å². The highest BCUT2D eigenvalue weighted by atomic mass is 31.2. The summed E-state index contributed by atoms with van der Waals surface area (Å²) < 4.78 is 0. The van der Waals surface area contributed by atoms with Crippen LogP contribution in [0.3, 0.4) is 0 Å². The molecule has 3 N–H and O–H groups in total. The van der Waals surface area contributed by atoms with E-state index in [-0.39, 0.29) is 0 Å². The summed E-state index contributed by atoms with van der Waals surface area (Å²) in [6.45, 7) is 1.76. The van der Waals surface area contributed by atoms with Crippen LogP contribution in [-0.4, -0.2) is 9.79 Å². The largest absolute Gasteiger partial charge is 0.336 e. The summed E-state index contributed by atoms with van der Waals surface area (Å²) in [6.07, 6.45) is 0. The minimum atomic E-state index is -3.56. The quantitative estimate of drug-likeness (QED) is 0.556. The zero-order valence-corrected chi connectivity index (χ0v) is 7.05. The van der Waals surface area contributed by atoms with Crippen LogP contribution in [0.4, 0.5) is 0 Å². The van der Waals surface area contributed by atoms with E-state index in [1.54, 1.807) is 31.2 Å². The van der Waals surface area contributed by atoms with Gasteiger partial charge in [0.2, 0.25) is 7.51 Å². The zero-order valence-electron chi connectivity index (χ0n) is 6.15. The van der Waals surface area contributed by atoms with Crippen LogP contribution in [0.1, 0.15) is 5.56 Å². The molecule has 1 aromatic carbocycles. The number of benzene rings is 1. The first-order valence-corrected chi connectivity index (χ1v) is 4.87. The first-order chi connectivity index (χ1) is 5.02. The second-order valence-corrected chi connectivity index (χ2v) is 4.07. The fraction of sp³-hybridized carbons (Fsp3) is 0.143. The number of nitrogens with one attached hydrogen (secondary N) is 1. The average Bonchev–Trinajstić information content (AvgIpc) is 1.86. The van der Waals surface area contributed by atoms with E-state index >= 15 is 0 Å². The SMILES string of the molecule is Cc1ccccc1P(=N)(O)O. The molecule has 0 radical (unpaired) electrons.